The first-order valence-corrected chi connectivity index (χ1v) is 7.45. The standard InChI is InChI=1S/C14H26N2O6/c1-6-16-8-10(20-12(16)17)11-9(7-15)21-13(2,18-4)14(3,19-5)22-11/h9-11H,6-8,15H2,1-5H3/t9-,10?,11+,13-,14-/m1/s1. The van der Waals surface area contributed by atoms with Crippen molar-refractivity contribution in [1.29, 1.82) is 0 Å². The van der Waals surface area contributed by atoms with Gasteiger partial charge in [0.25, 0.3) is 0 Å². The molecule has 0 bridgehead atoms. The molecule has 2 aliphatic rings. The highest BCUT2D eigenvalue weighted by atomic mass is 16.8. The number of methoxy groups -OCH3 is 2. The van der Waals surface area contributed by atoms with Crippen LogP contribution in [0, 0.1) is 0 Å². The molecule has 0 aromatic heterocycles. The fraction of sp³-hybridized carbons (Fsp3) is 0.929. The predicted molar refractivity (Wildman–Crippen MR) is 77.1 cm³/mol. The van der Waals surface area contributed by atoms with E-state index >= 15 is 0 Å². The van der Waals surface area contributed by atoms with E-state index in [0.29, 0.717) is 13.1 Å². The molecule has 0 aromatic rings. The summed E-state index contributed by atoms with van der Waals surface area (Å²) in [7, 11) is 3.03. The van der Waals surface area contributed by atoms with Crippen LogP contribution in [0.15, 0.2) is 0 Å². The fourth-order valence-corrected chi connectivity index (χ4v) is 2.83. The van der Waals surface area contributed by atoms with Crippen molar-refractivity contribution in [3.05, 3.63) is 0 Å². The van der Waals surface area contributed by atoms with Crippen molar-refractivity contribution >= 4 is 6.09 Å². The van der Waals surface area contributed by atoms with E-state index in [9.17, 15) is 4.79 Å². The van der Waals surface area contributed by atoms with Crippen LogP contribution in [0.5, 0.6) is 0 Å². The van der Waals surface area contributed by atoms with Gasteiger partial charge in [0.2, 0.25) is 11.6 Å². The van der Waals surface area contributed by atoms with Gasteiger partial charge in [-0.1, -0.05) is 0 Å². The van der Waals surface area contributed by atoms with Gasteiger partial charge in [-0.2, -0.15) is 0 Å². The number of rotatable bonds is 5. The lowest BCUT2D eigenvalue weighted by atomic mass is 10.00. The Hall–Kier alpha value is -0.930. The number of carbonyl (C=O) groups excluding carboxylic acids is 1. The third-order valence-corrected chi connectivity index (χ3v) is 4.60. The maximum Gasteiger partial charge on any atom is 0.410 e. The van der Waals surface area contributed by atoms with Crippen LogP contribution < -0.4 is 5.73 Å². The van der Waals surface area contributed by atoms with Gasteiger partial charge in [-0.25, -0.2) is 4.79 Å². The molecule has 8 nitrogen and oxygen atoms in total. The average Bonchev–Trinajstić information content (AvgIpc) is 2.90. The second kappa shape index (κ2) is 6.29. The van der Waals surface area contributed by atoms with E-state index in [1.807, 2.05) is 6.92 Å². The Morgan fingerprint density at radius 2 is 1.86 bits per heavy atom. The van der Waals surface area contributed by atoms with Gasteiger partial charge in [-0.15, -0.1) is 0 Å². The molecule has 1 amide bonds. The van der Waals surface area contributed by atoms with Crippen LogP contribution in [0.3, 0.4) is 0 Å². The highest BCUT2D eigenvalue weighted by Crippen LogP contribution is 2.40. The summed E-state index contributed by atoms with van der Waals surface area (Å²) in [5, 5.41) is 0. The highest BCUT2D eigenvalue weighted by molar-refractivity contribution is 5.69. The number of hydrogen-bond acceptors (Lipinski definition) is 7. The summed E-state index contributed by atoms with van der Waals surface area (Å²) < 4.78 is 28.4. The third kappa shape index (κ3) is 2.69. The van der Waals surface area contributed by atoms with Crippen molar-refractivity contribution < 1.29 is 28.5 Å². The summed E-state index contributed by atoms with van der Waals surface area (Å²) in [6, 6.07) is 0. The molecular weight excluding hydrogens is 292 g/mol. The maximum absolute atomic E-state index is 11.8. The summed E-state index contributed by atoms with van der Waals surface area (Å²) >= 11 is 0. The van der Waals surface area contributed by atoms with Crippen LogP contribution in [0.1, 0.15) is 20.8 Å². The summed E-state index contributed by atoms with van der Waals surface area (Å²) in [4.78, 5) is 13.4. The molecule has 0 spiro atoms. The molecule has 0 saturated carbocycles. The molecule has 2 rings (SSSR count). The number of nitrogens with two attached hydrogens (primary N) is 1. The molecule has 2 aliphatic heterocycles. The first-order valence-electron chi connectivity index (χ1n) is 7.45. The molecule has 0 radical (unpaired) electrons. The normalized spacial score (nSPS) is 42.5. The Bertz CT molecular complexity index is 422. The molecule has 0 aliphatic carbocycles. The molecule has 8 heteroatoms. The lowest BCUT2D eigenvalue weighted by molar-refractivity contribution is -0.451. The lowest BCUT2D eigenvalue weighted by Gasteiger charge is -2.52. The average molecular weight is 318 g/mol. The van der Waals surface area contributed by atoms with E-state index < -0.39 is 29.9 Å². The molecule has 128 valence electrons. The Balaban J connectivity index is 2.23. The molecule has 0 aromatic carbocycles. The first kappa shape index (κ1) is 17.4. The summed E-state index contributed by atoms with van der Waals surface area (Å²) in [5.41, 5.74) is 5.81. The quantitative estimate of drug-likeness (QED) is 0.779. The van der Waals surface area contributed by atoms with Crippen molar-refractivity contribution in [2.45, 2.75) is 50.7 Å². The van der Waals surface area contributed by atoms with Gasteiger partial charge in [-0.05, 0) is 20.8 Å². The zero-order valence-corrected chi connectivity index (χ0v) is 13.8. The monoisotopic (exact) mass is 318 g/mol. The molecule has 5 atom stereocenters. The van der Waals surface area contributed by atoms with E-state index in [1.54, 1.807) is 18.7 Å². The zero-order chi connectivity index (χ0) is 16.5. The van der Waals surface area contributed by atoms with Crippen molar-refractivity contribution in [2.75, 3.05) is 33.9 Å². The predicted octanol–water partition coefficient (Wildman–Crippen LogP) is 0.295. The Morgan fingerprint density at radius 1 is 1.27 bits per heavy atom. The number of ether oxygens (including phenoxy) is 5. The van der Waals surface area contributed by atoms with E-state index in [-0.39, 0.29) is 12.6 Å². The van der Waals surface area contributed by atoms with Crippen LogP contribution in [-0.2, 0) is 23.7 Å². The molecule has 2 N–H and O–H groups in total. The number of likely N-dealkylation sites (N-methyl/N-ethyl adjacent to an activating group) is 1. The Labute approximate surface area is 130 Å². The fourth-order valence-electron chi connectivity index (χ4n) is 2.83. The summed E-state index contributed by atoms with van der Waals surface area (Å²) in [6.07, 6.45) is -1.82. The van der Waals surface area contributed by atoms with Gasteiger partial charge in [0.1, 0.15) is 12.2 Å². The molecular formula is C14H26N2O6. The van der Waals surface area contributed by atoms with Gasteiger partial charge < -0.3 is 34.3 Å². The second-order valence-electron chi connectivity index (χ2n) is 5.73. The largest absolute Gasteiger partial charge is 0.441 e. The Kier molecular flexibility index (Phi) is 4.98. The van der Waals surface area contributed by atoms with E-state index in [1.165, 1.54) is 14.2 Å². The third-order valence-electron chi connectivity index (χ3n) is 4.60. The zero-order valence-electron chi connectivity index (χ0n) is 13.8. The second-order valence-corrected chi connectivity index (χ2v) is 5.73. The van der Waals surface area contributed by atoms with E-state index in [0.717, 1.165) is 0 Å². The number of cyclic esters (lactones) is 1. The van der Waals surface area contributed by atoms with Gasteiger partial charge >= 0.3 is 6.09 Å². The lowest BCUT2D eigenvalue weighted by Crippen LogP contribution is -2.68. The SMILES string of the molecule is CCN1CC([C@H]2O[C@@](C)(OC)[C@](C)(OC)O[C@@H]2CN)OC1=O. The molecule has 2 heterocycles. The summed E-state index contributed by atoms with van der Waals surface area (Å²) in [5.74, 6) is -2.26. The number of hydrogen-bond donors (Lipinski definition) is 1. The van der Waals surface area contributed by atoms with Crippen LogP contribution in [0.25, 0.3) is 0 Å². The van der Waals surface area contributed by atoms with Crippen LogP contribution in [0.4, 0.5) is 4.79 Å². The molecule has 2 fully saturated rings. The van der Waals surface area contributed by atoms with Gasteiger partial charge in [0.05, 0.1) is 6.54 Å². The van der Waals surface area contributed by atoms with E-state index in [2.05, 4.69) is 0 Å². The van der Waals surface area contributed by atoms with Crippen molar-refractivity contribution in [3.63, 3.8) is 0 Å². The molecule has 2 saturated heterocycles. The van der Waals surface area contributed by atoms with Crippen LogP contribution in [-0.4, -0.2) is 74.7 Å². The minimum absolute atomic E-state index is 0.212. The van der Waals surface area contributed by atoms with Gasteiger partial charge in [0, 0.05) is 27.3 Å². The highest BCUT2D eigenvalue weighted by Gasteiger charge is 2.59. The number of amides is 1. The van der Waals surface area contributed by atoms with Crippen molar-refractivity contribution in [3.8, 4) is 0 Å². The number of nitrogens with zero attached hydrogens (tertiary/aromatic N) is 1. The van der Waals surface area contributed by atoms with Crippen LogP contribution in [0.2, 0.25) is 0 Å². The smallest absolute Gasteiger partial charge is 0.410 e. The minimum Gasteiger partial charge on any atom is -0.441 e. The summed E-state index contributed by atoms with van der Waals surface area (Å²) in [6.45, 7) is 6.57. The topological polar surface area (TPSA) is 92.5 Å². The van der Waals surface area contributed by atoms with Gasteiger partial charge in [-0.3, -0.25) is 0 Å². The first-order chi connectivity index (χ1) is 10.3. The number of carbonyl (C=O) groups is 1. The molecule has 22 heavy (non-hydrogen) atoms. The van der Waals surface area contributed by atoms with Crippen LogP contribution >= 0.6 is 0 Å². The van der Waals surface area contributed by atoms with Crippen molar-refractivity contribution in [1.82, 2.24) is 4.90 Å². The molecule has 1 unspecified atom stereocenters. The van der Waals surface area contributed by atoms with E-state index in [4.69, 9.17) is 29.4 Å². The van der Waals surface area contributed by atoms with Crippen molar-refractivity contribution in [2.24, 2.45) is 5.73 Å². The minimum atomic E-state index is -1.15. The van der Waals surface area contributed by atoms with Gasteiger partial charge in [0.15, 0.2) is 6.10 Å². The Morgan fingerprint density at radius 3 is 2.32 bits per heavy atom. The maximum atomic E-state index is 11.8.